The van der Waals surface area contributed by atoms with Crippen molar-refractivity contribution in [2.24, 2.45) is 0 Å². The molecular weight excluding hydrogens is 310 g/mol. The molecule has 1 rings (SSSR count). The van der Waals surface area contributed by atoms with Gasteiger partial charge in [0.15, 0.2) is 5.78 Å². The SMILES string of the molecule is CCOc1cc(C(=O)C(C)(C)Br)ccc1NC(C)=O. The molecule has 0 fully saturated rings. The lowest BCUT2D eigenvalue weighted by molar-refractivity contribution is -0.114. The van der Waals surface area contributed by atoms with Crippen molar-refractivity contribution in [2.75, 3.05) is 11.9 Å². The summed E-state index contributed by atoms with van der Waals surface area (Å²) in [5.74, 6) is 0.281. The molecule has 0 bridgehead atoms. The number of carbonyl (C=O) groups excluding carboxylic acids is 2. The summed E-state index contributed by atoms with van der Waals surface area (Å²) in [5, 5.41) is 2.68. The molecule has 0 aliphatic heterocycles. The number of ketones is 1. The smallest absolute Gasteiger partial charge is 0.221 e. The molecule has 0 spiro atoms. The maximum Gasteiger partial charge on any atom is 0.221 e. The molecule has 4 nitrogen and oxygen atoms in total. The van der Waals surface area contributed by atoms with Crippen LogP contribution >= 0.6 is 15.9 Å². The first-order valence-corrected chi connectivity index (χ1v) is 6.83. The van der Waals surface area contributed by atoms with Crippen LogP contribution in [0.5, 0.6) is 5.75 Å². The van der Waals surface area contributed by atoms with Gasteiger partial charge in [-0.2, -0.15) is 0 Å². The molecule has 0 aliphatic carbocycles. The summed E-state index contributed by atoms with van der Waals surface area (Å²) in [6.07, 6.45) is 0. The van der Waals surface area contributed by atoms with Crippen LogP contribution in [0.3, 0.4) is 0 Å². The Morgan fingerprint density at radius 2 is 2.00 bits per heavy atom. The third-order valence-electron chi connectivity index (χ3n) is 2.39. The number of nitrogens with one attached hydrogen (secondary N) is 1. The highest BCUT2D eigenvalue weighted by molar-refractivity contribution is 9.10. The van der Waals surface area contributed by atoms with Crippen LogP contribution in [0.15, 0.2) is 18.2 Å². The Morgan fingerprint density at radius 1 is 1.37 bits per heavy atom. The zero-order valence-electron chi connectivity index (χ0n) is 11.5. The van der Waals surface area contributed by atoms with E-state index in [1.165, 1.54) is 6.92 Å². The highest BCUT2D eigenvalue weighted by atomic mass is 79.9. The second-order valence-corrected chi connectivity index (χ2v) is 6.61. The molecule has 104 valence electrons. The van der Waals surface area contributed by atoms with Gasteiger partial charge in [-0.05, 0) is 39.0 Å². The lowest BCUT2D eigenvalue weighted by Gasteiger charge is -2.17. The number of amides is 1. The predicted molar refractivity (Wildman–Crippen MR) is 79.3 cm³/mol. The highest BCUT2D eigenvalue weighted by Crippen LogP contribution is 2.29. The molecule has 1 aromatic carbocycles. The van der Waals surface area contributed by atoms with Crippen molar-refractivity contribution < 1.29 is 14.3 Å². The summed E-state index contributed by atoms with van der Waals surface area (Å²) in [7, 11) is 0. The van der Waals surface area contributed by atoms with E-state index >= 15 is 0 Å². The fraction of sp³-hybridized carbons (Fsp3) is 0.429. The van der Waals surface area contributed by atoms with E-state index in [0.717, 1.165) is 0 Å². The number of rotatable bonds is 5. The molecule has 0 atom stereocenters. The van der Waals surface area contributed by atoms with Crippen LogP contribution in [0, 0.1) is 0 Å². The van der Waals surface area contributed by atoms with Crippen molar-refractivity contribution in [1.82, 2.24) is 0 Å². The number of carbonyl (C=O) groups is 2. The maximum absolute atomic E-state index is 12.2. The molecule has 0 heterocycles. The Kier molecular flexibility index (Phi) is 5.11. The number of Topliss-reactive ketones (excluding diaryl/α,β-unsaturated/α-hetero) is 1. The lowest BCUT2D eigenvalue weighted by atomic mass is 10.0. The van der Waals surface area contributed by atoms with E-state index in [1.54, 1.807) is 32.0 Å². The van der Waals surface area contributed by atoms with E-state index in [0.29, 0.717) is 23.6 Å². The molecule has 0 saturated heterocycles. The van der Waals surface area contributed by atoms with Gasteiger partial charge in [-0.3, -0.25) is 9.59 Å². The average Bonchev–Trinajstić information content (AvgIpc) is 2.29. The van der Waals surface area contributed by atoms with Gasteiger partial charge in [0.25, 0.3) is 0 Å². The third-order valence-corrected chi connectivity index (χ3v) is 2.75. The maximum atomic E-state index is 12.2. The van der Waals surface area contributed by atoms with Gasteiger partial charge in [-0.1, -0.05) is 15.9 Å². The Hall–Kier alpha value is -1.36. The molecule has 0 aliphatic rings. The van der Waals surface area contributed by atoms with Gasteiger partial charge in [0, 0.05) is 12.5 Å². The Labute approximate surface area is 121 Å². The van der Waals surface area contributed by atoms with Crippen LogP contribution in [0.4, 0.5) is 5.69 Å². The number of halogens is 1. The van der Waals surface area contributed by atoms with Crippen LogP contribution < -0.4 is 10.1 Å². The highest BCUT2D eigenvalue weighted by Gasteiger charge is 2.25. The van der Waals surface area contributed by atoms with Gasteiger partial charge in [0.1, 0.15) is 5.75 Å². The molecule has 0 saturated carbocycles. The predicted octanol–water partition coefficient (Wildman–Crippen LogP) is 3.40. The molecule has 1 N–H and O–H groups in total. The summed E-state index contributed by atoms with van der Waals surface area (Å²) >= 11 is 3.34. The zero-order chi connectivity index (χ0) is 14.6. The lowest BCUT2D eigenvalue weighted by Crippen LogP contribution is -2.24. The van der Waals surface area contributed by atoms with E-state index in [1.807, 2.05) is 6.92 Å². The van der Waals surface area contributed by atoms with Gasteiger partial charge in [0.05, 0.1) is 16.6 Å². The topological polar surface area (TPSA) is 55.4 Å². The minimum absolute atomic E-state index is 0.0390. The Morgan fingerprint density at radius 3 is 2.47 bits per heavy atom. The number of hydrogen-bond donors (Lipinski definition) is 1. The fourth-order valence-corrected chi connectivity index (χ4v) is 1.80. The van der Waals surface area contributed by atoms with Crippen molar-refractivity contribution in [3.05, 3.63) is 23.8 Å². The van der Waals surface area contributed by atoms with Crippen LogP contribution in [-0.4, -0.2) is 22.6 Å². The van der Waals surface area contributed by atoms with Crippen molar-refractivity contribution in [3.8, 4) is 5.75 Å². The van der Waals surface area contributed by atoms with Gasteiger partial charge < -0.3 is 10.1 Å². The normalized spacial score (nSPS) is 11.0. The van der Waals surface area contributed by atoms with E-state index in [-0.39, 0.29) is 11.7 Å². The van der Waals surface area contributed by atoms with Crippen LogP contribution in [0.1, 0.15) is 38.1 Å². The summed E-state index contributed by atoms with van der Waals surface area (Å²) in [4.78, 5) is 23.3. The minimum atomic E-state index is -0.633. The monoisotopic (exact) mass is 327 g/mol. The fourth-order valence-electron chi connectivity index (χ4n) is 1.57. The molecule has 1 aromatic rings. The zero-order valence-corrected chi connectivity index (χ0v) is 13.1. The number of hydrogen-bond acceptors (Lipinski definition) is 3. The van der Waals surface area contributed by atoms with Gasteiger partial charge in [-0.25, -0.2) is 0 Å². The van der Waals surface area contributed by atoms with E-state index in [2.05, 4.69) is 21.2 Å². The van der Waals surface area contributed by atoms with E-state index < -0.39 is 4.32 Å². The van der Waals surface area contributed by atoms with Crippen molar-refractivity contribution in [3.63, 3.8) is 0 Å². The summed E-state index contributed by atoms with van der Waals surface area (Å²) in [5.41, 5.74) is 1.11. The Balaban J connectivity index is 3.15. The first-order chi connectivity index (χ1) is 8.75. The Bertz CT molecular complexity index is 492. The van der Waals surface area contributed by atoms with Crippen molar-refractivity contribution in [1.29, 1.82) is 0 Å². The van der Waals surface area contributed by atoms with Gasteiger partial charge in [-0.15, -0.1) is 0 Å². The number of alkyl halides is 1. The summed E-state index contributed by atoms with van der Waals surface area (Å²) in [6, 6.07) is 5.01. The van der Waals surface area contributed by atoms with Crippen molar-refractivity contribution in [2.45, 2.75) is 32.0 Å². The van der Waals surface area contributed by atoms with E-state index in [9.17, 15) is 9.59 Å². The second-order valence-electron chi connectivity index (χ2n) is 4.63. The quantitative estimate of drug-likeness (QED) is 0.666. The van der Waals surface area contributed by atoms with Crippen LogP contribution in [0.2, 0.25) is 0 Å². The molecule has 0 aromatic heterocycles. The first-order valence-electron chi connectivity index (χ1n) is 6.04. The van der Waals surface area contributed by atoms with Crippen molar-refractivity contribution >= 4 is 33.3 Å². The summed E-state index contributed by atoms with van der Waals surface area (Å²) < 4.78 is 4.83. The summed E-state index contributed by atoms with van der Waals surface area (Å²) in [6.45, 7) is 7.31. The van der Waals surface area contributed by atoms with Gasteiger partial charge >= 0.3 is 0 Å². The largest absolute Gasteiger partial charge is 0.492 e. The minimum Gasteiger partial charge on any atom is -0.492 e. The average molecular weight is 328 g/mol. The standard InChI is InChI=1S/C14H18BrNO3/c1-5-19-12-8-10(13(18)14(3,4)15)6-7-11(12)16-9(2)17/h6-8H,5H2,1-4H3,(H,16,17). The molecule has 0 unspecified atom stereocenters. The van der Waals surface area contributed by atoms with Crippen LogP contribution in [0.25, 0.3) is 0 Å². The molecule has 5 heteroatoms. The van der Waals surface area contributed by atoms with Crippen LogP contribution in [-0.2, 0) is 4.79 Å². The van der Waals surface area contributed by atoms with E-state index in [4.69, 9.17) is 4.74 Å². The molecule has 1 amide bonds. The number of benzene rings is 1. The first kappa shape index (κ1) is 15.7. The molecule has 0 radical (unpaired) electrons. The van der Waals surface area contributed by atoms with Gasteiger partial charge in [0.2, 0.25) is 5.91 Å². The number of ether oxygens (including phenoxy) is 1. The molecular formula is C14H18BrNO3. The molecule has 19 heavy (non-hydrogen) atoms. The third kappa shape index (κ3) is 4.35. The number of anilines is 1. The second kappa shape index (κ2) is 6.19.